The summed E-state index contributed by atoms with van der Waals surface area (Å²) in [4.78, 5) is 0. The van der Waals surface area contributed by atoms with E-state index >= 15 is 0 Å². The number of benzene rings is 2. The lowest BCUT2D eigenvalue weighted by molar-refractivity contribution is 0.219. The van der Waals surface area contributed by atoms with Crippen LogP contribution in [-0.4, -0.2) is 5.11 Å². The van der Waals surface area contributed by atoms with Crippen LogP contribution in [0.2, 0.25) is 10.0 Å². The molecule has 0 radical (unpaired) electrons. The Morgan fingerprint density at radius 2 is 1.72 bits per heavy atom. The predicted octanol–water partition coefficient (Wildman–Crippen LogP) is 4.52. The molecule has 2 aromatic rings. The second kappa shape index (κ2) is 5.27. The molecule has 2 aromatic carbocycles. The highest BCUT2D eigenvalue weighted by atomic mass is 35.5. The zero-order valence-electron chi connectivity index (χ0n) is 9.62. The lowest BCUT2D eigenvalue weighted by atomic mass is 9.97. The van der Waals surface area contributed by atoms with Crippen LogP contribution in [0.3, 0.4) is 0 Å². The van der Waals surface area contributed by atoms with E-state index in [0.717, 1.165) is 0 Å². The minimum atomic E-state index is -0.966. The van der Waals surface area contributed by atoms with Crippen LogP contribution in [0.4, 0.5) is 4.39 Å². The first-order valence-electron chi connectivity index (χ1n) is 5.38. The van der Waals surface area contributed by atoms with Crippen LogP contribution in [0.15, 0.2) is 36.4 Å². The minimum absolute atomic E-state index is 0.339. The number of hydrogen-bond donors (Lipinski definition) is 1. The lowest BCUT2D eigenvalue weighted by Crippen LogP contribution is -2.04. The highest BCUT2D eigenvalue weighted by Crippen LogP contribution is 2.35. The third-order valence-corrected chi connectivity index (χ3v) is 3.46. The molecule has 1 atom stereocenters. The van der Waals surface area contributed by atoms with E-state index in [1.807, 2.05) is 0 Å². The third-order valence-electron chi connectivity index (χ3n) is 2.80. The molecule has 18 heavy (non-hydrogen) atoms. The Morgan fingerprint density at radius 1 is 1.11 bits per heavy atom. The van der Waals surface area contributed by atoms with Gasteiger partial charge in [0.05, 0.1) is 0 Å². The van der Waals surface area contributed by atoms with Gasteiger partial charge in [-0.3, -0.25) is 0 Å². The van der Waals surface area contributed by atoms with Crippen molar-refractivity contribution in [1.29, 1.82) is 0 Å². The summed E-state index contributed by atoms with van der Waals surface area (Å²) in [6.07, 6.45) is -0.966. The molecule has 0 aliphatic carbocycles. The average molecular weight is 285 g/mol. The highest BCUT2D eigenvalue weighted by molar-refractivity contribution is 6.36. The topological polar surface area (TPSA) is 20.2 Å². The summed E-state index contributed by atoms with van der Waals surface area (Å²) < 4.78 is 13.0. The van der Waals surface area contributed by atoms with Crippen molar-refractivity contribution in [2.24, 2.45) is 0 Å². The molecule has 4 heteroatoms. The quantitative estimate of drug-likeness (QED) is 0.860. The summed E-state index contributed by atoms with van der Waals surface area (Å²) in [6.45, 7) is 1.73. The van der Waals surface area contributed by atoms with Crippen LogP contribution in [0.25, 0.3) is 0 Å². The molecule has 0 fully saturated rings. The smallest absolute Gasteiger partial charge is 0.123 e. The normalized spacial score (nSPS) is 12.5. The molecular formula is C14H11Cl2FO. The summed E-state index contributed by atoms with van der Waals surface area (Å²) in [5, 5.41) is 11.1. The Balaban J connectivity index is 2.51. The maximum atomic E-state index is 13.0. The Kier molecular flexibility index (Phi) is 3.91. The Bertz CT molecular complexity index is 564. The standard InChI is InChI=1S/C14H11Cl2FO/c1-8-7-9(17)5-6-10(8)14(18)13-11(15)3-2-4-12(13)16/h2-7,14,18H,1H3. The lowest BCUT2D eigenvalue weighted by Gasteiger charge is -2.16. The molecule has 0 amide bonds. The van der Waals surface area contributed by atoms with Gasteiger partial charge in [-0.25, -0.2) is 4.39 Å². The fraction of sp³-hybridized carbons (Fsp3) is 0.143. The molecule has 1 N–H and O–H groups in total. The number of halogens is 3. The molecule has 0 aromatic heterocycles. The van der Waals surface area contributed by atoms with Crippen LogP contribution in [-0.2, 0) is 0 Å². The second-order valence-electron chi connectivity index (χ2n) is 4.04. The summed E-state index contributed by atoms with van der Waals surface area (Å²) >= 11 is 12.1. The van der Waals surface area contributed by atoms with E-state index in [0.29, 0.717) is 26.7 Å². The van der Waals surface area contributed by atoms with Crippen LogP contribution >= 0.6 is 23.2 Å². The molecule has 94 valence electrons. The van der Waals surface area contributed by atoms with E-state index in [9.17, 15) is 9.50 Å². The number of aliphatic hydroxyl groups excluding tert-OH is 1. The molecule has 0 bridgehead atoms. The van der Waals surface area contributed by atoms with Gasteiger partial charge in [0.15, 0.2) is 0 Å². The van der Waals surface area contributed by atoms with Crippen LogP contribution < -0.4 is 0 Å². The van der Waals surface area contributed by atoms with Crippen LogP contribution in [0.1, 0.15) is 22.8 Å². The van der Waals surface area contributed by atoms with Crippen molar-refractivity contribution >= 4 is 23.2 Å². The van der Waals surface area contributed by atoms with E-state index in [-0.39, 0.29) is 5.82 Å². The molecule has 1 nitrogen and oxygen atoms in total. The maximum Gasteiger partial charge on any atom is 0.123 e. The van der Waals surface area contributed by atoms with Gasteiger partial charge in [0, 0.05) is 15.6 Å². The van der Waals surface area contributed by atoms with E-state index in [1.54, 1.807) is 25.1 Å². The van der Waals surface area contributed by atoms with Gasteiger partial charge in [-0.1, -0.05) is 35.3 Å². The molecule has 0 spiro atoms. The number of hydrogen-bond acceptors (Lipinski definition) is 1. The molecule has 0 heterocycles. The molecular weight excluding hydrogens is 274 g/mol. The molecule has 0 aliphatic heterocycles. The summed E-state index contributed by atoms with van der Waals surface area (Å²) in [5.74, 6) is -0.339. The largest absolute Gasteiger partial charge is 0.384 e. The van der Waals surface area contributed by atoms with Gasteiger partial charge in [-0.05, 0) is 42.3 Å². The Labute approximate surface area is 115 Å². The zero-order chi connectivity index (χ0) is 13.3. The summed E-state index contributed by atoms with van der Waals surface area (Å²) in [7, 11) is 0. The van der Waals surface area contributed by atoms with E-state index in [4.69, 9.17) is 23.2 Å². The first kappa shape index (κ1) is 13.3. The van der Waals surface area contributed by atoms with Crippen molar-refractivity contribution in [3.63, 3.8) is 0 Å². The Morgan fingerprint density at radius 3 is 2.28 bits per heavy atom. The van der Waals surface area contributed by atoms with E-state index in [1.165, 1.54) is 18.2 Å². The molecule has 1 unspecified atom stereocenters. The monoisotopic (exact) mass is 284 g/mol. The first-order valence-corrected chi connectivity index (χ1v) is 6.14. The zero-order valence-corrected chi connectivity index (χ0v) is 11.1. The van der Waals surface area contributed by atoms with Crippen molar-refractivity contribution in [3.05, 3.63) is 69.0 Å². The van der Waals surface area contributed by atoms with Gasteiger partial charge in [0.2, 0.25) is 0 Å². The maximum absolute atomic E-state index is 13.0. The summed E-state index contributed by atoms with van der Waals surface area (Å²) in [6, 6.07) is 9.22. The van der Waals surface area contributed by atoms with Gasteiger partial charge in [-0.15, -0.1) is 0 Å². The number of aliphatic hydroxyl groups is 1. The van der Waals surface area contributed by atoms with Crippen molar-refractivity contribution in [3.8, 4) is 0 Å². The van der Waals surface area contributed by atoms with Crippen LogP contribution in [0.5, 0.6) is 0 Å². The first-order chi connectivity index (χ1) is 8.50. The minimum Gasteiger partial charge on any atom is -0.384 e. The van der Waals surface area contributed by atoms with Gasteiger partial charge < -0.3 is 5.11 Å². The Hall–Kier alpha value is -1.09. The van der Waals surface area contributed by atoms with Gasteiger partial charge >= 0.3 is 0 Å². The van der Waals surface area contributed by atoms with Crippen LogP contribution in [0, 0.1) is 12.7 Å². The molecule has 2 rings (SSSR count). The number of rotatable bonds is 2. The second-order valence-corrected chi connectivity index (χ2v) is 4.85. The SMILES string of the molecule is Cc1cc(F)ccc1C(O)c1c(Cl)cccc1Cl. The predicted molar refractivity (Wildman–Crippen MR) is 71.7 cm³/mol. The third kappa shape index (κ3) is 2.51. The number of aryl methyl sites for hydroxylation is 1. The van der Waals surface area contributed by atoms with Crippen molar-refractivity contribution in [1.82, 2.24) is 0 Å². The van der Waals surface area contributed by atoms with E-state index < -0.39 is 6.10 Å². The van der Waals surface area contributed by atoms with Crippen molar-refractivity contribution in [2.75, 3.05) is 0 Å². The van der Waals surface area contributed by atoms with Gasteiger partial charge in [0.1, 0.15) is 11.9 Å². The van der Waals surface area contributed by atoms with Gasteiger partial charge in [0.25, 0.3) is 0 Å². The van der Waals surface area contributed by atoms with Gasteiger partial charge in [-0.2, -0.15) is 0 Å². The van der Waals surface area contributed by atoms with Crippen molar-refractivity contribution < 1.29 is 9.50 Å². The molecule has 0 saturated heterocycles. The highest BCUT2D eigenvalue weighted by Gasteiger charge is 2.19. The van der Waals surface area contributed by atoms with E-state index in [2.05, 4.69) is 0 Å². The van der Waals surface area contributed by atoms with Crippen molar-refractivity contribution in [2.45, 2.75) is 13.0 Å². The average Bonchev–Trinajstić information content (AvgIpc) is 2.28. The summed E-state index contributed by atoms with van der Waals surface area (Å²) in [5.41, 5.74) is 1.68. The molecule has 0 saturated carbocycles. The fourth-order valence-corrected chi connectivity index (χ4v) is 2.48. The molecule has 0 aliphatic rings. The fourth-order valence-electron chi connectivity index (χ4n) is 1.87.